The second-order valence-corrected chi connectivity index (χ2v) is 3.83. The number of carboxylic acids is 1. The molecule has 1 heterocycles. The number of aromatic carboxylic acids is 1. The average Bonchev–Trinajstić information content (AvgIpc) is 2.46. The summed E-state index contributed by atoms with van der Waals surface area (Å²) in [6.45, 7) is 3.87. The first-order chi connectivity index (χ1) is 6.91. The third-order valence-corrected chi connectivity index (χ3v) is 1.98. The van der Waals surface area contributed by atoms with E-state index >= 15 is 0 Å². The smallest absolute Gasteiger partial charge is 0.337 e. The molecular weight excluding hydrogens is 204 g/mol. The summed E-state index contributed by atoms with van der Waals surface area (Å²) in [6, 6.07) is 1.28. The van der Waals surface area contributed by atoms with Crippen LogP contribution >= 0.6 is 0 Å². The Labute approximate surface area is 86.1 Å². The Morgan fingerprint density at radius 1 is 1.53 bits per heavy atom. The maximum absolute atomic E-state index is 12.4. The molecule has 0 saturated carbocycles. The van der Waals surface area contributed by atoms with Gasteiger partial charge in [0.1, 0.15) is 0 Å². The second kappa shape index (κ2) is 4.42. The highest BCUT2D eigenvalue weighted by atomic mass is 19.3. The van der Waals surface area contributed by atoms with Crippen LogP contribution in [0.1, 0.15) is 42.0 Å². The fraction of sp³-hybridized carbons (Fsp3) is 0.500. The molecule has 0 aliphatic carbocycles. The number of aromatic nitrogens is 1. The molecule has 0 aliphatic heterocycles. The second-order valence-electron chi connectivity index (χ2n) is 3.83. The number of alkyl halides is 2. The van der Waals surface area contributed by atoms with E-state index in [-0.39, 0.29) is 11.5 Å². The highest BCUT2D eigenvalue weighted by Gasteiger charge is 2.21. The lowest BCUT2D eigenvalue weighted by atomic mass is 10.1. The Balaban J connectivity index is 3.04. The van der Waals surface area contributed by atoms with E-state index in [0.717, 1.165) is 0 Å². The maximum atomic E-state index is 12.4. The van der Waals surface area contributed by atoms with Gasteiger partial charge >= 0.3 is 5.97 Å². The predicted octanol–water partition coefficient (Wildman–Crippen LogP) is 2.85. The van der Waals surface area contributed by atoms with E-state index in [2.05, 4.69) is 4.98 Å². The molecule has 0 radical (unpaired) electrons. The molecule has 15 heavy (non-hydrogen) atoms. The van der Waals surface area contributed by atoms with Gasteiger partial charge in [0.15, 0.2) is 0 Å². The summed E-state index contributed by atoms with van der Waals surface area (Å²) >= 11 is 0. The van der Waals surface area contributed by atoms with E-state index < -0.39 is 18.1 Å². The van der Waals surface area contributed by atoms with Gasteiger partial charge in [-0.25, -0.2) is 13.6 Å². The maximum Gasteiger partial charge on any atom is 0.337 e. The molecule has 3 nitrogen and oxygen atoms in total. The largest absolute Gasteiger partial charge is 0.478 e. The lowest BCUT2D eigenvalue weighted by Crippen LogP contribution is -1.99. The van der Waals surface area contributed by atoms with Gasteiger partial charge in [0.05, 0.1) is 11.3 Å². The number of rotatable bonds is 4. The lowest BCUT2D eigenvalue weighted by Gasteiger charge is -2.01. The molecule has 0 fully saturated rings. The third-order valence-electron chi connectivity index (χ3n) is 1.98. The van der Waals surface area contributed by atoms with Gasteiger partial charge in [0.2, 0.25) is 0 Å². The highest BCUT2D eigenvalue weighted by molar-refractivity contribution is 5.89. The first kappa shape index (κ1) is 11.7. The number of aromatic amines is 1. The Morgan fingerprint density at radius 3 is 2.47 bits per heavy atom. The van der Waals surface area contributed by atoms with E-state index in [1.165, 1.54) is 6.07 Å². The van der Waals surface area contributed by atoms with Crippen molar-refractivity contribution in [2.75, 3.05) is 0 Å². The Kier molecular flexibility index (Phi) is 3.44. The van der Waals surface area contributed by atoms with Crippen molar-refractivity contribution >= 4 is 5.97 Å². The highest BCUT2D eigenvalue weighted by Crippen LogP contribution is 2.24. The quantitative estimate of drug-likeness (QED) is 0.814. The number of nitrogens with one attached hydrogen (secondary N) is 1. The molecule has 0 aromatic carbocycles. The van der Waals surface area contributed by atoms with Crippen molar-refractivity contribution in [2.24, 2.45) is 5.92 Å². The van der Waals surface area contributed by atoms with Crippen LogP contribution in [0.5, 0.6) is 0 Å². The molecule has 1 aromatic rings. The molecule has 1 rings (SSSR count). The normalized spacial score (nSPS) is 11.3. The summed E-state index contributed by atoms with van der Waals surface area (Å²) in [5.74, 6) is -1.03. The van der Waals surface area contributed by atoms with Gasteiger partial charge in [0, 0.05) is 5.69 Å². The summed E-state index contributed by atoms with van der Waals surface area (Å²) in [7, 11) is 0. The van der Waals surface area contributed by atoms with Crippen molar-refractivity contribution in [1.82, 2.24) is 4.98 Å². The zero-order chi connectivity index (χ0) is 11.6. The minimum atomic E-state index is -2.78. The molecule has 0 atom stereocenters. The number of carboxylic acid groups (broad SMARTS) is 1. The van der Waals surface area contributed by atoms with Crippen LogP contribution in [0.15, 0.2) is 6.07 Å². The van der Waals surface area contributed by atoms with Gasteiger partial charge in [-0.15, -0.1) is 0 Å². The van der Waals surface area contributed by atoms with Crippen molar-refractivity contribution in [3.05, 3.63) is 23.0 Å². The fourth-order valence-electron chi connectivity index (χ4n) is 1.43. The minimum Gasteiger partial charge on any atom is -0.478 e. The van der Waals surface area contributed by atoms with Gasteiger partial charge in [0.25, 0.3) is 6.43 Å². The van der Waals surface area contributed by atoms with E-state index in [1.54, 1.807) is 0 Å². The van der Waals surface area contributed by atoms with E-state index in [4.69, 9.17) is 5.11 Å². The van der Waals surface area contributed by atoms with E-state index in [1.807, 2.05) is 13.8 Å². The van der Waals surface area contributed by atoms with Crippen molar-refractivity contribution in [3.8, 4) is 0 Å². The summed E-state index contributed by atoms with van der Waals surface area (Å²) in [6.07, 6.45) is -2.22. The predicted molar refractivity (Wildman–Crippen MR) is 51.3 cm³/mol. The van der Waals surface area contributed by atoms with Crippen LogP contribution in [0, 0.1) is 5.92 Å². The monoisotopic (exact) mass is 217 g/mol. The Morgan fingerprint density at radius 2 is 2.13 bits per heavy atom. The molecule has 1 aromatic heterocycles. The van der Waals surface area contributed by atoms with E-state index in [0.29, 0.717) is 12.1 Å². The summed E-state index contributed by atoms with van der Waals surface area (Å²) in [4.78, 5) is 13.1. The topological polar surface area (TPSA) is 53.1 Å². The molecule has 0 bridgehead atoms. The first-order valence-corrected chi connectivity index (χ1v) is 4.65. The van der Waals surface area contributed by atoms with Gasteiger partial charge in [-0.2, -0.15) is 0 Å². The van der Waals surface area contributed by atoms with Crippen molar-refractivity contribution in [1.29, 1.82) is 0 Å². The van der Waals surface area contributed by atoms with Crippen LogP contribution in [0.4, 0.5) is 8.78 Å². The third kappa shape index (κ3) is 2.78. The number of carbonyl (C=O) groups is 1. The average molecular weight is 217 g/mol. The zero-order valence-electron chi connectivity index (χ0n) is 8.55. The number of hydrogen-bond donors (Lipinski definition) is 2. The van der Waals surface area contributed by atoms with Crippen LogP contribution in [-0.4, -0.2) is 16.1 Å². The van der Waals surface area contributed by atoms with Crippen molar-refractivity contribution < 1.29 is 18.7 Å². The van der Waals surface area contributed by atoms with Crippen LogP contribution in [0.3, 0.4) is 0 Å². The first-order valence-electron chi connectivity index (χ1n) is 4.65. The molecule has 2 N–H and O–H groups in total. The molecule has 84 valence electrons. The molecule has 5 heteroatoms. The van der Waals surface area contributed by atoms with E-state index in [9.17, 15) is 13.6 Å². The van der Waals surface area contributed by atoms with Crippen LogP contribution < -0.4 is 0 Å². The SMILES string of the molecule is CC(C)Cc1cc(C(=O)O)c(C(F)F)[nH]1. The fourth-order valence-corrected chi connectivity index (χ4v) is 1.43. The zero-order valence-corrected chi connectivity index (χ0v) is 8.55. The Bertz CT molecular complexity index is 358. The van der Waals surface area contributed by atoms with Crippen LogP contribution in [-0.2, 0) is 6.42 Å². The van der Waals surface area contributed by atoms with Gasteiger partial charge in [-0.05, 0) is 18.4 Å². The number of hydrogen-bond acceptors (Lipinski definition) is 1. The summed E-state index contributed by atoms with van der Waals surface area (Å²) in [5.41, 5.74) is -0.295. The van der Waals surface area contributed by atoms with Gasteiger partial charge < -0.3 is 10.1 Å². The van der Waals surface area contributed by atoms with Crippen LogP contribution in [0.2, 0.25) is 0 Å². The number of halogens is 2. The molecule has 0 aliphatic rings. The van der Waals surface area contributed by atoms with Crippen LogP contribution in [0.25, 0.3) is 0 Å². The molecular formula is C10H13F2NO2. The summed E-state index contributed by atoms with van der Waals surface area (Å²) < 4.78 is 24.9. The van der Waals surface area contributed by atoms with Crippen molar-refractivity contribution in [3.63, 3.8) is 0 Å². The number of H-pyrrole nitrogens is 1. The van der Waals surface area contributed by atoms with Crippen molar-refractivity contribution in [2.45, 2.75) is 26.7 Å². The molecule has 0 spiro atoms. The van der Waals surface area contributed by atoms with Gasteiger partial charge in [-0.3, -0.25) is 0 Å². The Hall–Kier alpha value is -1.39. The van der Waals surface area contributed by atoms with Gasteiger partial charge in [-0.1, -0.05) is 13.8 Å². The summed E-state index contributed by atoms with van der Waals surface area (Å²) in [5, 5.41) is 8.71. The minimum absolute atomic E-state index is 0.288. The lowest BCUT2D eigenvalue weighted by molar-refractivity contribution is 0.0684. The molecule has 0 amide bonds. The standard InChI is InChI=1S/C10H13F2NO2/c1-5(2)3-6-4-7(10(14)15)8(13-6)9(11)12/h4-5,9,13H,3H2,1-2H3,(H,14,15). The molecule has 0 unspecified atom stereocenters. The molecule has 0 saturated heterocycles.